The van der Waals surface area contributed by atoms with Gasteiger partial charge in [0.1, 0.15) is 11.4 Å². The number of furan rings is 1. The van der Waals surface area contributed by atoms with Crippen molar-refractivity contribution in [2.75, 3.05) is 4.90 Å². The number of aliphatic hydroxyl groups is 1. The van der Waals surface area contributed by atoms with Gasteiger partial charge in [-0.1, -0.05) is 57.3 Å². The molecule has 2 heterocycles. The number of carbonyl (C=O) groups excluding carboxylic acids is 2. The molecule has 1 aromatic heterocycles. The molecule has 0 spiro atoms. The van der Waals surface area contributed by atoms with Crippen LogP contribution >= 0.6 is 39.1 Å². The van der Waals surface area contributed by atoms with Crippen LogP contribution < -0.4 is 4.90 Å². The van der Waals surface area contributed by atoms with E-state index in [1.165, 1.54) is 42.5 Å². The summed E-state index contributed by atoms with van der Waals surface area (Å²) in [5.41, 5.74) is 0.391. The van der Waals surface area contributed by atoms with E-state index in [1.807, 2.05) is 0 Å². The number of benzene rings is 3. The number of Topliss-reactive ketones (excluding diaryl/α,β-unsaturated/α-hetero) is 1. The normalized spacial score (nSPS) is 16.1. The minimum atomic E-state index is -1.27. The lowest BCUT2D eigenvalue weighted by molar-refractivity contribution is -0.117. The summed E-state index contributed by atoms with van der Waals surface area (Å²) < 4.78 is 21.4. The molecular weight excluding hydrogens is 548 g/mol. The Hall–Kier alpha value is -3.13. The summed E-state index contributed by atoms with van der Waals surface area (Å²) in [5.74, 6) is -3.17. The molecule has 1 N–H and O–H groups in total. The van der Waals surface area contributed by atoms with Gasteiger partial charge in [0.25, 0.3) is 5.91 Å². The van der Waals surface area contributed by atoms with E-state index in [2.05, 4.69) is 15.9 Å². The number of anilines is 1. The fourth-order valence-corrected chi connectivity index (χ4v) is 4.66. The van der Waals surface area contributed by atoms with E-state index >= 15 is 0 Å². The molecule has 4 aromatic rings. The molecule has 1 aliphatic rings. The van der Waals surface area contributed by atoms with E-state index in [0.717, 1.165) is 9.37 Å². The van der Waals surface area contributed by atoms with Crippen LogP contribution in [-0.4, -0.2) is 16.8 Å². The summed E-state index contributed by atoms with van der Waals surface area (Å²) >= 11 is 15.5. The van der Waals surface area contributed by atoms with Crippen LogP contribution in [0.2, 0.25) is 10.0 Å². The minimum Gasteiger partial charge on any atom is -0.503 e. The first-order valence-electron chi connectivity index (χ1n) is 9.96. The van der Waals surface area contributed by atoms with E-state index in [-0.39, 0.29) is 32.6 Å². The van der Waals surface area contributed by atoms with E-state index in [4.69, 9.17) is 27.6 Å². The smallest absolute Gasteiger partial charge is 0.294 e. The monoisotopic (exact) mass is 559 g/mol. The molecule has 5 rings (SSSR count). The Bertz CT molecular complexity index is 1530. The first kappa shape index (κ1) is 22.7. The van der Waals surface area contributed by atoms with Crippen molar-refractivity contribution < 1.29 is 23.5 Å². The molecule has 0 aliphatic carbocycles. The molecule has 9 heteroatoms. The van der Waals surface area contributed by atoms with Crippen LogP contribution in [0.1, 0.15) is 22.2 Å². The predicted molar refractivity (Wildman–Crippen MR) is 131 cm³/mol. The number of halogens is 4. The zero-order chi connectivity index (χ0) is 24.1. The average Bonchev–Trinajstić information content (AvgIpc) is 3.34. The van der Waals surface area contributed by atoms with Crippen LogP contribution in [0.15, 0.2) is 87.0 Å². The highest BCUT2D eigenvalue weighted by molar-refractivity contribution is 9.10. The van der Waals surface area contributed by atoms with Crippen LogP contribution in [0.25, 0.3) is 11.0 Å². The Labute approximate surface area is 211 Å². The van der Waals surface area contributed by atoms with Crippen molar-refractivity contribution in [2.24, 2.45) is 0 Å². The summed E-state index contributed by atoms with van der Waals surface area (Å²) in [6, 6.07) is 15.5. The van der Waals surface area contributed by atoms with E-state index in [9.17, 15) is 19.1 Å². The number of carbonyl (C=O) groups is 2. The second kappa shape index (κ2) is 8.58. The topological polar surface area (TPSA) is 70.8 Å². The molecule has 3 aromatic carbocycles. The lowest BCUT2D eigenvalue weighted by Crippen LogP contribution is -2.31. The van der Waals surface area contributed by atoms with Gasteiger partial charge in [0.05, 0.1) is 21.7 Å². The summed E-state index contributed by atoms with van der Waals surface area (Å²) in [6.45, 7) is 0. The van der Waals surface area contributed by atoms with Crippen LogP contribution in [0.4, 0.5) is 10.1 Å². The Balaban J connectivity index is 1.68. The maximum absolute atomic E-state index is 14.9. The SMILES string of the molecule is O=C(C1=C(O)C(=O)N(c2ccc(Cl)c(Cl)c2)C1c1ccccc1F)c1cc2cc(Br)ccc2o1. The Morgan fingerprint density at radius 3 is 2.53 bits per heavy atom. The van der Waals surface area contributed by atoms with Crippen LogP contribution in [0, 0.1) is 5.82 Å². The third kappa shape index (κ3) is 3.70. The zero-order valence-electron chi connectivity index (χ0n) is 17.1. The van der Waals surface area contributed by atoms with Crippen molar-refractivity contribution in [3.05, 3.63) is 110 Å². The number of hydrogen-bond acceptors (Lipinski definition) is 4. The van der Waals surface area contributed by atoms with Gasteiger partial charge >= 0.3 is 0 Å². The maximum Gasteiger partial charge on any atom is 0.294 e. The van der Waals surface area contributed by atoms with Crippen molar-refractivity contribution in [3.8, 4) is 0 Å². The molecular formula is C25H13BrCl2FNO4. The second-order valence-corrected chi connectivity index (χ2v) is 9.31. The van der Waals surface area contributed by atoms with E-state index < -0.39 is 29.3 Å². The van der Waals surface area contributed by atoms with Gasteiger partial charge in [-0.3, -0.25) is 14.5 Å². The first-order chi connectivity index (χ1) is 16.3. The third-order valence-electron chi connectivity index (χ3n) is 5.54. The molecule has 0 saturated heterocycles. The Morgan fingerprint density at radius 1 is 1.03 bits per heavy atom. The quantitative estimate of drug-likeness (QED) is 0.263. The predicted octanol–water partition coefficient (Wildman–Crippen LogP) is 7.42. The third-order valence-corrected chi connectivity index (χ3v) is 6.77. The summed E-state index contributed by atoms with van der Waals surface area (Å²) in [6.07, 6.45) is 0. The molecule has 1 aliphatic heterocycles. The molecule has 1 amide bonds. The van der Waals surface area contributed by atoms with E-state index in [0.29, 0.717) is 11.0 Å². The van der Waals surface area contributed by atoms with Gasteiger partial charge in [-0.2, -0.15) is 0 Å². The zero-order valence-corrected chi connectivity index (χ0v) is 20.2. The van der Waals surface area contributed by atoms with Gasteiger partial charge < -0.3 is 9.52 Å². The number of fused-ring (bicyclic) bond motifs is 1. The summed E-state index contributed by atoms with van der Waals surface area (Å²) in [7, 11) is 0. The number of aliphatic hydroxyl groups excluding tert-OH is 1. The molecule has 0 fully saturated rings. The lowest BCUT2D eigenvalue weighted by Gasteiger charge is -2.27. The Kier molecular flexibility index (Phi) is 5.72. The fourth-order valence-electron chi connectivity index (χ4n) is 3.99. The van der Waals surface area contributed by atoms with Gasteiger partial charge in [-0.15, -0.1) is 0 Å². The largest absolute Gasteiger partial charge is 0.503 e. The number of ketones is 1. The molecule has 1 unspecified atom stereocenters. The molecule has 5 nitrogen and oxygen atoms in total. The van der Waals surface area contributed by atoms with E-state index in [1.54, 1.807) is 24.3 Å². The van der Waals surface area contributed by atoms with Crippen molar-refractivity contribution in [1.29, 1.82) is 0 Å². The van der Waals surface area contributed by atoms with Crippen LogP contribution in [0.5, 0.6) is 0 Å². The molecule has 0 saturated carbocycles. The van der Waals surface area contributed by atoms with Crippen molar-refractivity contribution in [2.45, 2.75) is 6.04 Å². The molecule has 170 valence electrons. The highest BCUT2D eigenvalue weighted by Gasteiger charge is 2.46. The maximum atomic E-state index is 14.9. The molecule has 0 radical (unpaired) electrons. The van der Waals surface area contributed by atoms with Gasteiger partial charge in [0.15, 0.2) is 11.5 Å². The lowest BCUT2D eigenvalue weighted by atomic mass is 9.94. The Morgan fingerprint density at radius 2 is 1.79 bits per heavy atom. The van der Waals surface area contributed by atoms with Gasteiger partial charge in [-0.25, -0.2) is 4.39 Å². The molecule has 0 bridgehead atoms. The van der Waals surface area contributed by atoms with Gasteiger partial charge in [-0.05, 0) is 48.5 Å². The fraction of sp³-hybridized carbons (Fsp3) is 0.0400. The molecule has 1 atom stereocenters. The highest BCUT2D eigenvalue weighted by Crippen LogP contribution is 2.44. The standard InChI is InChI=1S/C25H13BrCl2FNO4/c26-13-5-8-19-12(9-13)10-20(34-19)23(31)21-22(15-3-1-2-4-18(15)29)30(25(33)24(21)32)14-6-7-16(27)17(28)11-14/h1-11,22,32H. The first-order valence-corrected chi connectivity index (χ1v) is 11.5. The highest BCUT2D eigenvalue weighted by atomic mass is 79.9. The number of hydrogen-bond donors (Lipinski definition) is 1. The number of nitrogens with zero attached hydrogens (tertiary/aromatic N) is 1. The number of rotatable bonds is 4. The number of amides is 1. The molecule has 34 heavy (non-hydrogen) atoms. The van der Waals surface area contributed by atoms with Crippen molar-refractivity contribution in [3.63, 3.8) is 0 Å². The van der Waals surface area contributed by atoms with Gasteiger partial charge in [0, 0.05) is 21.1 Å². The second-order valence-electron chi connectivity index (χ2n) is 7.58. The van der Waals surface area contributed by atoms with Gasteiger partial charge in [0.2, 0.25) is 5.78 Å². The summed E-state index contributed by atoms with van der Waals surface area (Å²) in [5, 5.41) is 11.9. The van der Waals surface area contributed by atoms with Crippen molar-refractivity contribution in [1.82, 2.24) is 0 Å². The summed E-state index contributed by atoms with van der Waals surface area (Å²) in [4.78, 5) is 27.9. The van der Waals surface area contributed by atoms with Crippen LogP contribution in [-0.2, 0) is 4.79 Å². The average molecular weight is 561 g/mol. The van der Waals surface area contributed by atoms with Crippen molar-refractivity contribution >= 4 is 67.5 Å². The minimum absolute atomic E-state index is 0.0215. The van der Waals surface area contributed by atoms with Crippen LogP contribution in [0.3, 0.4) is 0 Å².